The summed E-state index contributed by atoms with van der Waals surface area (Å²) in [5.74, 6) is 0.0536. The molecule has 0 saturated carbocycles. The van der Waals surface area contributed by atoms with Crippen LogP contribution in [-0.4, -0.2) is 87.4 Å². The van der Waals surface area contributed by atoms with Crippen LogP contribution < -0.4 is 15.4 Å². The van der Waals surface area contributed by atoms with Crippen LogP contribution in [0.25, 0.3) is 0 Å². The molecule has 1 aromatic rings. The number of benzene rings is 1. The molecule has 0 heterocycles. The largest absolute Gasteiger partial charge is 0.500 e. The highest BCUT2D eigenvalue weighted by Crippen LogP contribution is 2.25. The van der Waals surface area contributed by atoms with E-state index in [0.29, 0.717) is 64.6 Å². The van der Waals surface area contributed by atoms with Crippen molar-refractivity contribution in [3.05, 3.63) is 33.9 Å². The Hall–Kier alpha value is -2.65. The minimum Gasteiger partial charge on any atom is -0.444 e. The highest BCUT2D eigenvalue weighted by Gasteiger charge is 2.40. The second-order valence-corrected chi connectivity index (χ2v) is 14.5. The van der Waals surface area contributed by atoms with Gasteiger partial charge in [-0.25, -0.2) is 9.59 Å². The number of rotatable bonds is 24. The van der Waals surface area contributed by atoms with Gasteiger partial charge in [0.15, 0.2) is 0 Å². The van der Waals surface area contributed by atoms with Crippen molar-refractivity contribution < 1.29 is 50.5 Å². The summed E-state index contributed by atoms with van der Waals surface area (Å²) >= 11 is 0. The Morgan fingerprint density at radius 3 is 1.57 bits per heavy atom. The number of nitrogens with zero attached hydrogens (tertiary/aromatic N) is 1. The molecule has 0 aliphatic carbocycles. The lowest BCUT2D eigenvalue weighted by atomic mass is 10.2. The van der Waals surface area contributed by atoms with Gasteiger partial charge in [-0.15, -0.1) is 0 Å². The third kappa shape index (κ3) is 14.4. The number of hydrogen-bond donors (Lipinski definition) is 2. The Balaban J connectivity index is 2.66. The van der Waals surface area contributed by atoms with Crippen molar-refractivity contribution >= 4 is 35.5 Å². The van der Waals surface area contributed by atoms with Crippen LogP contribution in [0.2, 0.25) is 12.1 Å². The number of nitro groups is 1. The Labute approximate surface area is 262 Å². The summed E-state index contributed by atoms with van der Waals surface area (Å²) in [7, 11) is -5.67. The molecule has 15 nitrogen and oxygen atoms in total. The van der Waals surface area contributed by atoms with Gasteiger partial charge in [-0.05, 0) is 66.5 Å². The zero-order chi connectivity index (χ0) is 32.8. The van der Waals surface area contributed by atoms with Gasteiger partial charge >= 0.3 is 29.8 Å². The molecule has 0 atom stereocenters. The van der Waals surface area contributed by atoms with Crippen molar-refractivity contribution in [1.29, 1.82) is 0 Å². The molecule has 0 spiro atoms. The number of carbonyl (C=O) groups excluding carboxylic acids is 2. The van der Waals surface area contributed by atoms with E-state index >= 15 is 0 Å². The maximum Gasteiger partial charge on any atom is 0.500 e. The predicted molar refractivity (Wildman–Crippen MR) is 165 cm³/mol. The van der Waals surface area contributed by atoms with E-state index in [0.717, 1.165) is 0 Å². The van der Waals surface area contributed by atoms with Gasteiger partial charge in [0.2, 0.25) is 0 Å². The van der Waals surface area contributed by atoms with E-state index < -0.39 is 41.3 Å². The summed E-state index contributed by atoms with van der Waals surface area (Å²) in [5.41, 5.74) is -0.220. The molecule has 17 heteroatoms. The number of alkyl carbamates (subject to hydrolysis) is 1. The Morgan fingerprint density at radius 2 is 1.16 bits per heavy atom. The first-order valence-corrected chi connectivity index (χ1v) is 19.0. The fourth-order valence-corrected chi connectivity index (χ4v) is 9.47. The van der Waals surface area contributed by atoms with Crippen LogP contribution in [-0.2, 0) is 37.9 Å². The fraction of sp³-hybridized carbons (Fsp3) is 0.704. The molecule has 1 aromatic carbocycles. The van der Waals surface area contributed by atoms with E-state index in [1.165, 1.54) is 18.2 Å². The average Bonchev–Trinajstić information content (AvgIpc) is 2.97. The third-order valence-electron chi connectivity index (χ3n) is 5.86. The first-order valence-electron chi connectivity index (χ1n) is 15.1. The number of amides is 2. The molecule has 1 rings (SSSR count). The van der Waals surface area contributed by atoms with Crippen LogP contribution in [0.1, 0.15) is 59.9 Å². The van der Waals surface area contributed by atoms with Gasteiger partial charge in [0.1, 0.15) is 12.4 Å². The lowest BCUT2D eigenvalue weighted by Gasteiger charge is -2.28. The second kappa shape index (κ2) is 22.0. The van der Waals surface area contributed by atoms with Crippen LogP contribution in [0.3, 0.4) is 0 Å². The minimum atomic E-state index is -2.84. The van der Waals surface area contributed by atoms with Crippen LogP contribution in [0, 0.1) is 10.1 Å². The number of carbonyl (C=O) groups is 2. The molecule has 252 valence electrons. The zero-order valence-corrected chi connectivity index (χ0v) is 28.8. The van der Waals surface area contributed by atoms with Gasteiger partial charge in [0, 0.05) is 70.9 Å². The van der Waals surface area contributed by atoms with E-state index in [-0.39, 0.29) is 30.1 Å². The first-order chi connectivity index (χ1) is 21.1. The summed E-state index contributed by atoms with van der Waals surface area (Å²) in [6.07, 6.45) is -0.454. The molecule has 44 heavy (non-hydrogen) atoms. The van der Waals surface area contributed by atoms with Crippen molar-refractivity contribution in [2.24, 2.45) is 0 Å². The fourth-order valence-electron chi connectivity index (χ4n) is 4.25. The van der Waals surface area contributed by atoms with Crippen molar-refractivity contribution in [3.63, 3.8) is 0 Å². The molecule has 0 aliphatic rings. The van der Waals surface area contributed by atoms with Gasteiger partial charge in [-0.3, -0.25) is 10.1 Å². The summed E-state index contributed by atoms with van der Waals surface area (Å²) in [4.78, 5) is 35.6. The molecular weight excluding hydrogens is 614 g/mol. The first kappa shape index (κ1) is 39.4. The third-order valence-corrected chi connectivity index (χ3v) is 12.2. The van der Waals surface area contributed by atoms with Crippen LogP contribution >= 0.6 is 0 Å². The summed E-state index contributed by atoms with van der Waals surface area (Å²) < 4.78 is 45.3. The molecular formula is C27H49N3O12Si2. The summed E-state index contributed by atoms with van der Waals surface area (Å²) in [5, 5.41) is 16.8. The van der Waals surface area contributed by atoms with Crippen molar-refractivity contribution in [3.8, 4) is 5.75 Å². The summed E-state index contributed by atoms with van der Waals surface area (Å²) in [6.45, 7) is 14.0. The van der Waals surface area contributed by atoms with Gasteiger partial charge in [-0.2, -0.15) is 0 Å². The maximum atomic E-state index is 12.4. The average molecular weight is 664 g/mol. The van der Waals surface area contributed by atoms with Crippen molar-refractivity contribution in [2.75, 3.05) is 52.7 Å². The molecule has 0 unspecified atom stereocenters. The normalized spacial score (nSPS) is 11.7. The molecule has 0 bridgehead atoms. The molecule has 2 N–H and O–H groups in total. The number of nitro benzene ring substituents is 1. The van der Waals surface area contributed by atoms with E-state index in [1.807, 2.05) is 41.5 Å². The SMILES string of the molecule is CCO[Si](CCCNC(=O)OCc1cc(OC(=O)NCCC[Si](OCC)(OCC)OCC)ccc1[N+](=O)[O-])(OCC)OCC. The predicted octanol–water partition coefficient (Wildman–Crippen LogP) is 4.79. The molecule has 0 radical (unpaired) electrons. The lowest BCUT2D eigenvalue weighted by Crippen LogP contribution is -2.46. The topological polar surface area (TPSA) is 175 Å². The monoisotopic (exact) mass is 663 g/mol. The minimum absolute atomic E-state index is 0.0536. The lowest BCUT2D eigenvalue weighted by molar-refractivity contribution is -0.385. The Bertz CT molecular complexity index is 971. The van der Waals surface area contributed by atoms with Gasteiger partial charge in [0.05, 0.1) is 10.5 Å². The van der Waals surface area contributed by atoms with Gasteiger partial charge in [0.25, 0.3) is 5.69 Å². The highest BCUT2D eigenvalue weighted by atomic mass is 28.4. The smallest absolute Gasteiger partial charge is 0.444 e. The molecule has 2 amide bonds. The maximum absolute atomic E-state index is 12.4. The van der Waals surface area contributed by atoms with E-state index in [9.17, 15) is 19.7 Å². The van der Waals surface area contributed by atoms with Gasteiger partial charge in [-0.1, -0.05) is 0 Å². The Kier molecular flexibility index (Phi) is 19.6. The van der Waals surface area contributed by atoms with E-state index in [4.69, 9.17) is 36.0 Å². The standard InChI is InChI=1S/C27H49N3O12Si2/c1-7-36-43(37-8-2,38-9-3)19-13-17-28-26(31)35-22-23-21-24(15-16-25(23)30(33)34)42-27(32)29-18-14-20-44(39-10-4,40-11-5)41-12-6/h15-16,21H,7-14,17-20,22H2,1-6H3,(H,28,31)(H,29,32). The molecule has 0 aromatic heterocycles. The van der Waals surface area contributed by atoms with Gasteiger partial charge < -0.3 is 46.7 Å². The van der Waals surface area contributed by atoms with Crippen LogP contribution in [0.5, 0.6) is 5.75 Å². The van der Waals surface area contributed by atoms with Crippen molar-refractivity contribution in [2.45, 2.75) is 73.1 Å². The zero-order valence-electron chi connectivity index (χ0n) is 26.8. The van der Waals surface area contributed by atoms with E-state index in [2.05, 4.69) is 10.6 Å². The van der Waals surface area contributed by atoms with Crippen LogP contribution in [0.4, 0.5) is 15.3 Å². The molecule has 0 fully saturated rings. The summed E-state index contributed by atoms with van der Waals surface area (Å²) in [6, 6.07) is 4.78. The molecule has 0 saturated heterocycles. The number of ether oxygens (including phenoxy) is 2. The van der Waals surface area contributed by atoms with Crippen LogP contribution in [0.15, 0.2) is 18.2 Å². The molecule has 0 aliphatic heterocycles. The number of nitrogens with one attached hydrogen (secondary N) is 2. The highest BCUT2D eigenvalue weighted by molar-refractivity contribution is 6.61. The number of hydrogen-bond acceptors (Lipinski definition) is 12. The second-order valence-electron chi connectivity index (χ2n) is 9.04. The quantitative estimate of drug-likeness (QED) is 0.0671. The van der Waals surface area contributed by atoms with Crippen molar-refractivity contribution in [1.82, 2.24) is 10.6 Å². The Morgan fingerprint density at radius 1 is 0.727 bits per heavy atom. The van der Waals surface area contributed by atoms with E-state index in [1.54, 1.807) is 0 Å².